The summed E-state index contributed by atoms with van der Waals surface area (Å²) in [6, 6.07) is -0.921. The van der Waals surface area contributed by atoms with Gasteiger partial charge in [-0.25, -0.2) is 0 Å². The Balaban J connectivity index is 3.10. The van der Waals surface area contributed by atoms with Gasteiger partial charge in [-0.2, -0.15) is 0 Å². The summed E-state index contributed by atoms with van der Waals surface area (Å²) in [6.07, 6.45) is -1.38. The van der Waals surface area contributed by atoms with Crippen molar-refractivity contribution in [3.05, 3.63) is 0 Å². The van der Waals surface area contributed by atoms with E-state index in [-0.39, 0.29) is 50.9 Å². The van der Waals surface area contributed by atoms with E-state index in [4.69, 9.17) is 15.2 Å². The number of amides is 4. The third-order valence-electron chi connectivity index (χ3n) is 6.21. The molecule has 4 amide bonds. The van der Waals surface area contributed by atoms with E-state index in [1.165, 1.54) is 18.7 Å². The number of hydrogen-bond donors (Lipinski definition) is 4. The first kappa shape index (κ1) is 32.7. The van der Waals surface area contributed by atoms with Crippen LogP contribution in [0.25, 0.3) is 0 Å². The molecule has 0 saturated carbocycles. The zero-order chi connectivity index (χ0) is 28.0. The second-order valence-electron chi connectivity index (χ2n) is 9.98. The highest BCUT2D eigenvalue weighted by atomic mass is 16.5. The van der Waals surface area contributed by atoms with Gasteiger partial charge in [0.25, 0.3) is 0 Å². The Morgan fingerprint density at radius 2 is 1.73 bits per heavy atom. The van der Waals surface area contributed by atoms with Gasteiger partial charge in [0.2, 0.25) is 23.6 Å². The zero-order valence-corrected chi connectivity index (χ0v) is 22.7. The van der Waals surface area contributed by atoms with Crippen LogP contribution in [0.15, 0.2) is 0 Å². The number of aliphatic hydroxyl groups is 2. The fourth-order valence-corrected chi connectivity index (χ4v) is 3.95. The maximum absolute atomic E-state index is 13.4. The van der Waals surface area contributed by atoms with Crippen molar-refractivity contribution in [3.8, 4) is 0 Å². The van der Waals surface area contributed by atoms with E-state index in [1.807, 2.05) is 13.8 Å². The number of rotatable bonds is 9. The normalized spacial score (nSPS) is 23.3. The van der Waals surface area contributed by atoms with E-state index >= 15 is 0 Å². The van der Waals surface area contributed by atoms with Crippen LogP contribution in [0.3, 0.4) is 0 Å². The monoisotopic (exact) mass is 530 g/mol. The average Bonchev–Trinajstić information content (AvgIpc) is 2.81. The van der Waals surface area contributed by atoms with E-state index in [2.05, 4.69) is 5.32 Å². The van der Waals surface area contributed by atoms with E-state index in [9.17, 15) is 29.4 Å². The van der Waals surface area contributed by atoms with E-state index in [0.717, 1.165) is 6.42 Å². The van der Waals surface area contributed by atoms with Crippen molar-refractivity contribution in [2.45, 2.75) is 84.2 Å². The first-order chi connectivity index (χ1) is 17.4. The molecular weight excluding hydrogens is 484 g/mol. The number of carbonyl (C=O) groups excluding carboxylic acids is 4. The minimum Gasteiger partial charge on any atom is -0.388 e. The van der Waals surface area contributed by atoms with Crippen LogP contribution < -0.4 is 11.1 Å². The maximum atomic E-state index is 13.4. The highest BCUT2D eigenvalue weighted by Gasteiger charge is 2.31. The molecule has 1 saturated heterocycles. The minimum absolute atomic E-state index is 0.0183. The van der Waals surface area contributed by atoms with Crippen LogP contribution in [0.2, 0.25) is 0 Å². The SMILES string of the molecule is CC(=O)N[C@@H](CCC(N)=O)C(=O)N1CCCCOC[C@@H](O)[C@@H](O)[C@H](OCCC(C)C)CN(C(C)=O)CC1. The Hall–Kier alpha value is -2.28. The number of nitrogens with zero attached hydrogens (tertiary/aromatic N) is 2. The van der Waals surface area contributed by atoms with E-state index in [0.29, 0.717) is 38.5 Å². The predicted molar refractivity (Wildman–Crippen MR) is 136 cm³/mol. The zero-order valence-electron chi connectivity index (χ0n) is 22.7. The molecule has 1 rings (SSSR count). The number of carbonyl (C=O) groups is 4. The van der Waals surface area contributed by atoms with Crippen LogP contribution in [0.4, 0.5) is 0 Å². The van der Waals surface area contributed by atoms with Crippen molar-refractivity contribution in [1.29, 1.82) is 0 Å². The Kier molecular flexibility index (Phi) is 15.3. The number of primary amides is 1. The average molecular weight is 531 g/mol. The number of aliphatic hydroxyl groups excluding tert-OH is 2. The van der Waals surface area contributed by atoms with Gasteiger partial charge in [0.1, 0.15) is 24.4 Å². The molecule has 1 aliphatic rings. The molecule has 214 valence electrons. The summed E-state index contributed by atoms with van der Waals surface area (Å²) in [7, 11) is 0. The van der Waals surface area contributed by atoms with Gasteiger partial charge >= 0.3 is 0 Å². The van der Waals surface area contributed by atoms with Crippen LogP contribution in [0.1, 0.15) is 59.8 Å². The fraction of sp³-hybridized carbons (Fsp3) is 0.840. The Labute approximate surface area is 219 Å². The molecule has 0 spiro atoms. The standard InChI is InChI=1S/C25H46N4O8/c1-17(2)9-14-37-22-15-29(19(4)31)12-11-28(10-5-6-13-36-16-21(32)24(22)34)25(35)20(27-18(3)30)7-8-23(26)33/h17,20-22,24,32,34H,5-16H2,1-4H3,(H2,26,33)(H,27,30)/t20-,21+,22+,24+/m0/s1. The highest BCUT2D eigenvalue weighted by Crippen LogP contribution is 2.13. The Bertz CT molecular complexity index is 735. The number of nitrogens with one attached hydrogen (secondary N) is 1. The van der Waals surface area contributed by atoms with Crippen LogP contribution in [0.5, 0.6) is 0 Å². The van der Waals surface area contributed by atoms with Gasteiger partial charge in [-0.1, -0.05) is 13.8 Å². The summed E-state index contributed by atoms with van der Waals surface area (Å²) >= 11 is 0. The smallest absolute Gasteiger partial charge is 0.245 e. The molecule has 0 aromatic rings. The summed E-state index contributed by atoms with van der Waals surface area (Å²) in [5.74, 6) is -1.25. The number of nitrogens with two attached hydrogens (primary N) is 1. The van der Waals surface area contributed by atoms with Crippen LogP contribution in [0, 0.1) is 5.92 Å². The van der Waals surface area contributed by atoms with Crippen molar-refractivity contribution in [2.24, 2.45) is 11.7 Å². The molecule has 0 aromatic heterocycles. The summed E-state index contributed by atoms with van der Waals surface area (Å²) in [5, 5.41) is 23.8. The lowest BCUT2D eigenvalue weighted by atomic mass is 10.1. The quantitative estimate of drug-likeness (QED) is 0.306. The topological polar surface area (TPSA) is 172 Å². The molecule has 12 heteroatoms. The lowest BCUT2D eigenvalue weighted by Gasteiger charge is -2.34. The maximum Gasteiger partial charge on any atom is 0.245 e. The van der Waals surface area contributed by atoms with Crippen LogP contribution in [-0.4, -0.2) is 114 Å². The third kappa shape index (κ3) is 13.2. The lowest BCUT2D eigenvalue weighted by molar-refractivity contribution is -0.143. The van der Waals surface area contributed by atoms with Gasteiger partial charge in [0, 0.05) is 59.7 Å². The molecule has 0 aromatic carbocycles. The molecule has 0 unspecified atom stereocenters. The summed E-state index contributed by atoms with van der Waals surface area (Å²) in [6.45, 7) is 8.04. The van der Waals surface area contributed by atoms with Crippen molar-refractivity contribution in [2.75, 3.05) is 46.0 Å². The molecule has 0 aliphatic carbocycles. The lowest BCUT2D eigenvalue weighted by Crippen LogP contribution is -2.53. The van der Waals surface area contributed by atoms with Crippen molar-refractivity contribution < 1.29 is 38.9 Å². The Morgan fingerprint density at radius 3 is 2.32 bits per heavy atom. The molecule has 0 bridgehead atoms. The highest BCUT2D eigenvalue weighted by molar-refractivity contribution is 5.87. The number of hydrogen-bond acceptors (Lipinski definition) is 8. The summed E-state index contributed by atoms with van der Waals surface area (Å²) in [4.78, 5) is 51.9. The fourth-order valence-electron chi connectivity index (χ4n) is 3.95. The predicted octanol–water partition coefficient (Wildman–Crippen LogP) is -0.603. The summed E-state index contributed by atoms with van der Waals surface area (Å²) < 4.78 is 11.4. The van der Waals surface area contributed by atoms with Crippen LogP contribution >= 0.6 is 0 Å². The minimum atomic E-state index is -1.27. The molecule has 5 N–H and O–H groups in total. The molecule has 0 radical (unpaired) electrons. The molecule has 12 nitrogen and oxygen atoms in total. The van der Waals surface area contributed by atoms with Gasteiger partial charge in [-0.15, -0.1) is 0 Å². The second-order valence-corrected chi connectivity index (χ2v) is 9.98. The molecule has 1 fully saturated rings. The third-order valence-corrected chi connectivity index (χ3v) is 6.21. The first-order valence-electron chi connectivity index (χ1n) is 13.1. The Morgan fingerprint density at radius 1 is 1.05 bits per heavy atom. The van der Waals surface area contributed by atoms with E-state index < -0.39 is 36.2 Å². The van der Waals surface area contributed by atoms with Gasteiger partial charge in [0.05, 0.1) is 6.61 Å². The van der Waals surface area contributed by atoms with Crippen LogP contribution in [-0.2, 0) is 28.7 Å². The van der Waals surface area contributed by atoms with Gasteiger partial charge in [-0.05, 0) is 31.6 Å². The molecule has 1 heterocycles. The van der Waals surface area contributed by atoms with Gasteiger partial charge in [-0.3, -0.25) is 19.2 Å². The molecule has 4 atom stereocenters. The molecule has 1 aliphatic heterocycles. The van der Waals surface area contributed by atoms with Crippen molar-refractivity contribution >= 4 is 23.6 Å². The van der Waals surface area contributed by atoms with Gasteiger partial charge < -0.3 is 40.5 Å². The first-order valence-corrected chi connectivity index (χ1v) is 13.1. The summed E-state index contributed by atoms with van der Waals surface area (Å²) in [5.41, 5.74) is 5.25. The number of ether oxygens (including phenoxy) is 2. The van der Waals surface area contributed by atoms with Gasteiger partial charge in [0.15, 0.2) is 0 Å². The molecule has 37 heavy (non-hydrogen) atoms. The van der Waals surface area contributed by atoms with Crippen molar-refractivity contribution in [3.63, 3.8) is 0 Å². The second kappa shape index (κ2) is 17.3. The van der Waals surface area contributed by atoms with Crippen molar-refractivity contribution in [1.82, 2.24) is 15.1 Å². The van der Waals surface area contributed by atoms with E-state index in [1.54, 1.807) is 4.90 Å². The molecular formula is C25H46N4O8. The largest absolute Gasteiger partial charge is 0.388 e.